The Balaban J connectivity index is 0.000000449. The summed E-state index contributed by atoms with van der Waals surface area (Å²) in [7, 11) is 1.98. The van der Waals surface area contributed by atoms with Gasteiger partial charge in [0.25, 0.3) is 5.91 Å². The molecule has 11 nitrogen and oxygen atoms in total. The number of aliphatic carboxylic acids is 3. The van der Waals surface area contributed by atoms with E-state index in [9.17, 15) is 41.0 Å². The van der Waals surface area contributed by atoms with Crippen LogP contribution < -0.4 is 0 Å². The Kier molecular flexibility index (Phi) is 11.9. The van der Waals surface area contributed by atoms with E-state index in [0.717, 1.165) is 12.0 Å². The van der Waals surface area contributed by atoms with Crippen molar-refractivity contribution < 1.29 is 65.3 Å². The second-order valence-electron chi connectivity index (χ2n) is 7.93. The van der Waals surface area contributed by atoms with Crippen molar-refractivity contribution in [3.05, 3.63) is 54.2 Å². The molecule has 0 bridgehead atoms. The molecule has 2 aromatic rings. The van der Waals surface area contributed by atoms with E-state index in [-0.39, 0.29) is 11.9 Å². The van der Waals surface area contributed by atoms with E-state index < -0.39 is 36.3 Å². The van der Waals surface area contributed by atoms with Crippen molar-refractivity contribution in [3.8, 4) is 0 Å². The number of hydrogen-bond donors (Lipinski definition) is 3. The van der Waals surface area contributed by atoms with Crippen molar-refractivity contribution in [1.29, 1.82) is 0 Å². The highest BCUT2D eigenvalue weighted by atomic mass is 19.4. The minimum absolute atomic E-state index is 0.0923. The first-order valence-electron chi connectivity index (χ1n) is 10.7. The number of carboxylic acids is 3. The second-order valence-corrected chi connectivity index (χ2v) is 7.93. The van der Waals surface area contributed by atoms with E-state index in [2.05, 4.69) is 9.88 Å². The van der Waals surface area contributed by atoms with E-state index in [1.807, 2.05) is 25.4 Å². The van der Waals surface area contributed by atoms with Crippen molar-refractivity contribution in [2.75, 3.05) is 13.6 Å². The maximum Gasteiger partial charge on any atom is 0.490 e. The molecule has 0 saturated carbocycles. The minimum atomic E-state index is -5.08. The number of rotatable bonds is 5. The van der Waals surface area contributed by atoms with Gasteiger partial charge >= 0.3 is 30.3 Å². The van der Waals surface area contributed by atoms with Gasteiger partial charge in [0.2, 0.25) is 0 Å². The Morgan fingerprint density at radius 3 is 2.03 bits per heavy atom. The number of aromatic nitrogens is 1. The van der Waals surface area contributed by atoms with Crippen LogP contribution in [0.4, 0.5) is 26.3 Å². The van der Waals surface area contributed by atoms with Crippen molar-refractivity contribution in [2.24, 2.45) is 0 Å². The quantitative estimate of drug-likeness (QED) is 0.455. The van der Waals surface area contributed by atoms with Crippen molar-refractivity contribution >= 4 is 23.8 Å². The molecule has 1 amide bonds. The molecule has 17 heteroatoms. The van der Waals surface area contributed by atoms with Crippen LogP contribution in [-0.2, 0) is 20.9 Å². The molecule has 3 N–H and O–H groups in total. The van der Waals surface area contributed by atoms with E-state index in [0.29, 0.717) is 25.1 Å². The van der Waals surface area contributed by atoms with Crippen LogP contribution in [0.3, 0.4) is 0 Å². The first-order chi connectivity index (χ1) is 17.9. The molecule has 0 spiro atoms. The Morgan fingerprint density at radius 1 is 1.05 bits per heavy atom. The Hall–Kier alpha value is -4.15. The van der Waals surface area contributed by atoms with Gasteiger partial charge in [0.05, 0.1) is 11.8 Å². The summed E-state index contributed by atoms with van der Waals surface area (Å²) in [5.74, 6) is -6.79. The number of hydrogen-bond acceptors (Lipinski definition) is 7. The topological polar surface area (TPSA) is 161 Å². The number of likely N-dealkylation sites (tertiary alicyclic amines) is 1. The molecule has 0 aliphatic carbocycles. The van der Waals surface area contributed by atoms with Gasteiger partial charge in [-0.3, -0.25) is 14.7 Å². The molecule has 216 valence electrons. The first-order valence-corrected chi connectivity index (χ1v) is 10.7. The van der Waals surface area contributed by atoms with E-state index >= 15 is 0 Å². The van der Waals surface area contributed by atoms with Gasteiger partial charge in [-0.05, 0) is 37.6 Å². The van der Waals surface area contributed by atoms with Crippen molar-refractivity contribution in [3.63, 3.8) is 0 Å². The third kappa shape index (κ3) is 11.0. The third-order valence-corrected chi connectivity index (χ3v) is 5.15. The number of carboxylic acid groups (broad SMARTS) is 3. The second kappa shape index (κ2) is 14.1. The largest absolute Gasteiger partial charge is 0.490 e. The highest BCUT2D eigenvalue weighted by Crippen LogP contribution is 2.24. The summed E-state index contributed by atoms with van der Waals surface area (Å²) >= 11 is 0. The summed E-state index contributed by atoms with van der Waals surface area (Å²) in [6.45, 7) is 1.10. The number of nitrogens with zero attached hydrogens (tertiary/aromatic N) is 3. The lowest BCUT2D eigenvalue weighted by Crippen LogP contribution is -2.54. The van der Waals surface area contributed by atoms with Crippen LogP contribution in [0.5, 0.6) is 0 Å². The fourth-order valence-electron chi connectivity index (χ4n) is 3.29. The number of carbonyl (C=O) groups excluding carboxylic acids is 1. The molecule has 2 atom stereocenters. The molecule has 1 aliphatic rings. The minimum Gasteiger partial charge on any atom is -0.480 e. The van der Waals surface area contributed by atoms with E-state index in [1.165, 1.54) is 17.4 Å². The molecule has 39 heavy (non-hydrogen) atoms. The van der Waals surface area contributed by atoms with Gasteiger partial charge in [-0.2, -0.15) is 26.3 Å². The Morgan fingerprint density at radius 2 is 1.62 bits per heavy atom. The summed E-state index contributed by atoms with van der Waals surface area (Å²) in [6, 6.07) is 4.69. The number of piperidine rings is 1. The summed E-state index contributed by atoms with van der Waals surface area (Å²) < 4.78 is 68.4. The van der Waals surface area contributed by atoms with Crippen molar-refractivity contribution in [2.45, 2.75) is 43.8 Å². The monoisotopic (exact) mass is 571 g/mol. The zero-order valence-corrected chi connectivity index (χ0v) is 20.0. The van der Waals surface area contributed by atoms with Crippen LogP contribution in [-0.4, -0.2) is 91.9 Å². The number of amides is 1. The van der Waals surface area contributed by atoms with Gasteiger partial charge in [0.15, 0.2) is 0 Å². The Labute approximate surface area is 216 Å². The summed E-state index contributed by atoms with van der Waals surface area (Å²) in [6.07, 6.45) is -2.74. The maximum absolute atomic E-state index is 12.5. The average Bonchev–Trinajstić information content (AvgIpc) is 3.38. The van der Waals surface area contributed by atoms with Crippen LogP contribution >= 0.6 is 0 Å². The zero-order chi connectivity index (χ0) is 30.0. The molecule has 0 aromatic carbocycles. The van der Waals surface area contributed by atoms with Gasteiger partial charge in [-0.1, -0.05) is 6.07 Å². The fraction of sp³-hybridized carbons (Fsp3) is 0.409. The normalized spacial score (nSPS) is 17.3. The fourth-order valence-corrected chi connectivity index (χ4v) is 3.29. The highest BCUT2D eigenvalue weighted by molar-refractivity contribution is 5.96. The molecule has 0 radical (unpaired) electrons. The number of halogens is 6. The van der Waals surface area contributed by atoms with Crippen LogP contribution in [0.25, 0.3) is 0 Å². The molecule has 1 aliphatic heterocycles. The van der Waals surface area contributed by atoms with Gasteiger partial charge in [0.1, 0.15) is 12.3 Å². The van der Waals surface area contributed by atoms with Crippen molar-refractivity contribution in [1.82, 2.24) is 14.8 Å². The number of pyridine rings is 1. The van der Waals surface area contributed by atoms with Gasteiger partial charge in [-0.25, -0.2) is 14.4 Å². The van der Waals surface area contributed by atoms with Gasteiger partial charge < -0.3 is 24.6 Å². The van der Waals surface area contributed by atoms with Gasteiger partial charge in [0, 0.05) is 31.5 Å². The first kappa shape index (κ1) is 32.9. The van der Waals surface area contributed by atoms with Crippen LogP contribution in [0.15, 0.2) is 47.5 Å². The molecule has 3 heterocycles. The van der Waals surface area contributed by atoms with E-state index in [1.54, 1.807) is 12.3 Å². The lowest BCUT2D eigenvalue weighted by molar-refractivity contribution is -0.193. The highest BCUT2D eigenvalue weighted by Gasteiger charge is 2.39. The molecule has 2 unspecified atom stereocenters. The standard InChI is InChI=1S/C18H21N3O4.2C2HF3O2/c1-20(11-13-3-2-6-19-10-13)15-4-7-21(16(9-15)18(23)24)17(22)14-5-8-25-12-14;2*3-2(4,5)1(6)7/h2-3,5-6,8,10,12,15-16H,4,7,9,11H2,1H3,(H,23,24);2*(H,6,7). The SMILES string of the molecule is CN(Cc1cccnc1)C1CCN(C(=O)c2ccoc2)C(C(=O)O)C1.O=C(O)C(F)(F)F.O=C(O)C(F)(F)F. The summed E-state index contributed by atoms with van der Waals surface area (Å²) in [5, 5.41) is 23.8. The van der Waals surface area contributed by atoms with Gasteiger partial charge in [-0.15, -0.1) is 0 Å². The summed E-state index contributed by atoms with van der Waals surface area (Å²) in [4.78, 5) is 49.7. The maximum atomic E-state index is 12.5. The zero-order valence-electron chi connectivity index (χ0n) is 20.0. The molecular formula is C22H23F6N3O8. The number of furan rings is 1. The summed E-state index contributed by atoms with van der Waals surface area (Å²) in [5.41, 5.74) is 1.46. The predicted octanol–water partition coefficient (Wildman–Crippen LogP) is 3.13. The predicted molar refractivity (Wildman–Crippen MR) is 117 cm³/mol. The smallest absolute Gasteiger partial charge is 0.480 e. The molecule has 1 saturated heterocycles. The molecular weight excluding hydrogens is 548 g/mol. The third-order valence-electron chi connectivity index (χ3n) is 5.15. The van der Waals surface area contributed by atoms with Crippen LogP contribution in [0, 0.1) is 0 Å². The lowest BCUT2D eigenvalue weighted by atomic mass is 9.95. The Bertz CT molecular complexity index is 1070. The van der Waals surface area contributed by atoms with Crippen LogP contribution in [0.2, 0.25) is 0 Å². The number of carbonyl (C=O) groups is 4. The molecule has 2 aromatic heterocycles. The average molecular weight is 571 g/mol. The lowest BCUT2D eigenvalue weighted by Gasteiger charge is -2.40. The molecule has 1 fully saturated rings. The molecule has 3 rings (SSSR count). The van der Waals surface area contributed by atoms with E-state index in [4.69, 9.17) is 24.2 Å². The van der Waals surface area contributed by atoms with Crippen LogP contribution in [0.1, 0.15) is 28.8 Å². The number of alkyl halides is 6.